The maximum absolute atomic E-state index is 12.8. The molecule has 0 aliphatic rings. The van der Waals surface area contributed by atoms with Crippen molar-refractivity contribution in [3.8, 4) is 0 Å². The maximum Gasteiger partial charge on any atom is 0.306 e. The van der Waals surface area contributed by atoms with Crippen molar-refractivity contribution in [3.63, 3.8) is 0 Å². The molecule has 0 aliphatic heterocycles. The Labute approximate surface area is 424 Å². The first-order valence-electron chi connectivity index (χ1n) is 27.7. The lowest BCUT2D eigenvalue weighted by molar-refractivity contribution is -0.167. The van der Waals surface area contributed by atoms with Crippen molar-refractivity contribution >= 4 is 17.9 Å². The molecule has 388 valence electrons. The van der Waals surface area contributed by atoms with Crippen molar-refractivity contribution < 1.29 is 28.6 Å². The SMILES string of the molecule is CC/C=C\C/C=C\C/C=C\C/C=C\C/C=C\C/C=C\CCCCCCC(=O)OCC(COC(=O)CCCCC/C=C\C/C=C\C/C=C\CC)OC(=O)CCCCCCC/C=C\C/C=C\CCCCC. The van der Waals surface area contributed by atoms with E-state index in [9.17, 15) is 14.4 Å². The van der Waals surface area contributed by atoms with Crippen LogP contribution in [0.2, 0.25) is 0 Å². The number of carbonyl (C=O) groups is 3. The molecular weight excluding hydrogens is 853 g/mol. The van der Waals surface area contributed by atoms with E-state index in [1.54, 1.807) is 0 Å². The average molecular weight is 953 g/mol. The summed E-state index contributed by atoms with van der Waals surface area (Å²) in [5.74, 6) is -0.985. The third-order valence-corrected chi connectivity index (χ3v) is 11.1. The number of hydrogen-bond acceptors (Lipinski definition) is 6. The molecule has 0 aromatic carbocycles. The summed E-state index contributed by atoms with van der Waals surface area (Å²) in [5.41, 5.74) is 0. The van der Waals surface area contributed by atoms with E-state index < -0.39 is 6.10 Å². The molecule has 0 saturated carbocycles. The standard InChI is InChI=1S/C63H100O6/c1-4-7-10-13-16-19-22-25-27-28-29-30-31-32-33-34-36-38-41-44-47-50-53-56-62(65)68-59-60(58-67-61(64)55-52-49-46-43-40-37-24-21-18-15-12-9-6-3)69-63(66)57-54-51-48-45-42-39-35-26-23-20-17-14-11-8-5-2/h7,9-10,12,16-21,25-27,29-30,32-33,35-38,40,60H,4-6,8,11,13-15,22-24,28,31,34,39,41-59H2,1-3H3/b10-7-,12-9-,19-16-,20-17-,21-18-,27-25-,30-29-,33-32-,35-26-,38-36-,40-37-. The lowest BCUT2D eigenvalue weighted by Gasteiger charge is -2.18. The van der Waals surface area contributed by atoms with E-state index in [-0.39, 0.29) is 31.1 Å². The van der Waals surface area contributed by atoms with Crippen molar-refractivity contribution in [3.05, 3.63) is 134 Å². The fraction of sp³-hybridized carbons (Fsp3) is 0.603. The topological polar surface area (TPSA) is 78.9 Å². The normalized spacial score (nSPS) is 13.1. The predicted octanol–water partition coefficient (Wildman–Crippen LogP) is 18.6. The fourth-order valence-corrected chi connectivity index (χ4v) is 7.02. The molecule has 0 aliphatic carbocycles. The van der Waals surface area contributed by atoms with E-state index in [1.807, 2.05) is 0 Å². The highest BCUT2D eigenvalue weighted by Crippen LogP contribution is 2.12. The first-order valence-corrected chi connectivity index (χ1v) is 27.7. The van der Waals surface area contributed by atoms with Gasteiger partial charge in [-0.15, -0.1) is 0 Å². The first-order chi connectivity index (χ1) is 34.0. The minimum Gasteiger partial charge on any atom is -0.462 e. The van der Waals surface area contributed by atoms with Gasteiger partial charge in [0.2, 0.25) is 0 Å². The third-order valence-electron chi connectivity index (χ3n) is 11.1. The van der Waals surface area contributed by atoms with Crippen molar-refractivity contribution in [1.82, 2.24) is 0 Å². The van der Waals surface area contributed by atoms with Gasteiger partial charge in [-0.2, -0.15) is 0 Å². The molecular formula is C63H100O6. The highest BCUT2D eigenvalue weighted by molar-refractivity contribution is 5.71. The number of rotatable bonds is 48. The van der Waals surface area contributed by atoms with Crippen LogP contribution in [-0.4, -0.2) is 37.2 Å². The summed E-state index contributed by atoms with van der Waals surface area (Å²) in [7, 11) is 0. The van der Waals surface area contributed by atoms with Gasteiger partial charge in [-0.25, -0.2) is 0 Å². The molecule has 0 rings (SSSR count). The summed E-state index contributed by atoms with van der Waals surface area (Å²) in [4.78, 5) is 38.1. The van der Waals surface area contributed by atoms with Crippen LogP contribution in [0.25, 0.3) is 0 Å². The summed E-state index contributed by atoms with van der Waals surface area (Å²) < 4.78 is 16.8. The zero-order valence-corrected chi connectivity index (χ0v) is 44.3. The molecule has 0 heterocycles. The van der Waals surface area contributed by atoms with Crippen molar-refractivity contribution in [2.24, 2.45) is 0 Å². The summed E-state index contributed by atoms with van der Waals surface area (Å²) in [6, 6.07) is 0. The first kappa shape index (κ1) is 64.5. The third kappa shape index (κ3) is 54.4. The van der Waals surface area contributed by atoms with E-state index >= 15 is 0 Å². The Morgan fingerprint density at radius 1 is 0.304 bits per heavy atom. The molecule has 0 N–H and O–H groups in total. The van der Waals surface area contributed by atoms with Crippen LogP contribution in [0.3, 0.4) is 0 Å². The van der Waals surface area contributed by atoms with Crippen LogP contribution in [-0.2, 0) is 28.6 Å². The van der Waals surface area contributed by atoms with Gasteiger partial charge in [0.25, 0.3) is 0 Å². The molecule has 0 saturated heterocycles. The van der Waals surface area contributed by atoms with E-state index in [4.69, 9.17) is 14.2 Å². The minimum absolute atomic E-state index is 0.111. The van der Waals surface area contributed by atoms with Crippen molar-refractivity contribution in [2.45, 2.75) is 232 Å². The number of carbonyl (C=O) groups excluding carboxylic acids is 3. The van der Waals surface area contributed by atoms with Crippen molar-refractivity contribution in [1.29, 1.82) is 0 Å². The number of allylic oxidation sites excluding steroid dienone is 22. The van der Waals surface area contributed by atoms with E-state index in [1.165, 1.54) is 25.7 Å². The molecule has 0 bridgehead atoms. The summed E-state index contributed by atoms with van der Waals surface area (Å²) >= 11 is 0. The van der Waals surface area contributed by atoms with Crippen LogP contribution in [0, 0.1) is 0 Å². The van der Waals surface area contributed by atoms with Gasteiger partial charge in [0.05, 0.1) is 0 Å². The maximum atomic E-state index is 12.8. The molecule has 0 aromatic rings. The average Bonchev–Trinajstić information content (AvgIpc) is 3.35. The molecule has 0 fully saturated rings. The summed E-state index contributed by atoms with van der Waals surface area (Å²) in [5, 5.41) is 0. The lowest BCUT2D eigenvalue weighted by Crippen LogP contribution is -2.30. The Morgan fingerprint density at radius 3 is 0.899 bits per heavy atom. The Morgan fingerprint density at radius 2 is 0.565 bits per heavy atom. The van der Waals surface area contributed by atoms with Gasteiger partial charge in [-0.05, 0) is 135 Å². The van der Waals surface area contributed by atoms with Crippen LogP contribution in [0.5, 0.6) is 0 Å². The monoisotopic (exact) mass is 953 g/mol. The van der Waals surface area contributed by atoms with Crippen LogP contribution in [0.15, 0.2) is 134 Å². The Kier molecular flexibility index (Phi) is 52.5. The van der Waals surface area contributed by atoms with Gasteiger partial charge in [0.1, 0.15) is 13.2 Å². The second-order valence-corrected chi connectivity index (χ2v) is 17.7. The Bertz CT molecular complexity index is 1510. The minimum atomic E-state index is -0.813. The molecule has 1 atom stereocenters. The van der Waals surface area contributed by atoms with Crippen LogP contribution < -0.4 is 0 Å². The van der Waals surface area contributed by atoms with Crippen LogP contribution in [0.4, 0.5) is 0 Å². The van der Waals surface area contributed by atoms with Crippen molar-refractivity contribution in [2.75, 3.05) is 13.2 Å². The molecule has 0 radical (unpaired) electrons. The molecule has 6 nitrogen and oxygen atoms in total. The highest BCUT2D eigenvalue weighted by Gasteiger charge is 2.19. The number of ether oxygens (including phenoxy) is 3. The quantitative estimate of drug-likeness (QED) is 0.0262. The molecule has 6 heteroatoms. The van der Waals surface area contributed by atoms with Gasteiger partial charge < -0.3 is 14.2 Å². The van der Waals surface area contributed by atoms with Crippen LogP contribution >= 0.6 is 0 Å². The summed E-state index contributed by atoms with van der Waals surface area (Å²) in [6.45, 7) is 6.31. The van der Waals surface area contributed by atoms with E-state index in [0.717, 1.165) is 161 Å². The van der Waals surface area contributed by atoms with Gasteiger partial charge in [-0.3, -0.25) is 14.4 Å². The highest BCUT2D eigenvalue weighted by atomic mass is 16.6. The zero-order chi connectivity index (χ0) is 50.0. The van der Waals surface area contributed by atoms with Crippen LogP contribution in [0.1, 0.15) is 226 Å². The smallest absolute Gasteiger partial charge is 0.306 e. The van der Waals surface area contributed by atoms with Gasteiger partial charge in [-0.1, -0.05) is 206 Å². The molecule has 0 amide bonds. The number of esters is 3. The lowest BCUT2D eigenvalue weighted by atomic mass is 10.1. The second-order valence-electron chi connectivity index (χ2n) is 17.7. The Balaban J connectivity index is 4.48. The number of hydrogen-bond donors (Lipinski definition) is 0. The fourth-order valence-electron chi connectivity index (χ4n) is 7.02. The van der Waals surface area contributed by atoms with Gasteiger partial charge >= 0.3 is 17.9 Å². The van der Waals surface area contributed by atoms with E-state index in [2.05, 4.69) is 154 Å². The largest absolute Gasteiger partial charge is 0.462 e. The Hall–Kier alpha value is -4.45. The van der Waals surface area contributed by atoms with E-state index in [0.29, 0.717) is 19.3 Å². The second kappa shape index (κ2) is 56.1. The molecule has 1 unspecified atom stereocenters. The van der Waals surface area contributed by atoms with Gasteiger partial charge in [0, 0.05) is 19.3 Å². The molecule has 69 heavy (non-hydrogen) atoms. The van der Waals surface area contributed by atoms with Gasteiger partial charge in [0.15, 0.2) is 6.10 Å². The number of unbranched alkanes of at least 4 members (excludes halogenated alkanes) is 15. The molecule has 0 aromatic heterocycles. The predicted molar refractivity (Wildman–Crippen MR) is 297 cm³/mol. The summed E-state index contributed by atoms with van der Waals surface area (Å²) in [6.07, 6.45) is 78.7. The zero-order valence-electron chi connectivity index (χ0n) is 44.3. The molecule has 0 spiro atoms.